The number of nitro benzene ring substituents is 1. The molecule has 1 saturated heterocycles. The molecular formula is C14H9N4O6-. The lowest BCUT2D eigenvalue weighted by Crippen LogP contribution is -2.25. The van der Waals surface area contributed by atoms with Gasteiger partial charge in [-0.1, -0.05) is 0 Å². The first-order chi connectivity index (χ1) is 11.5. The molecule has 0 N–H and O–H groups in total. The number of imide groups is 1. The van der Waals surface area contributed by atoms with Crippen LogP contribution in [0.25, 0.3) is 11.3 Å². The van der Waals surface area contributed by atoms with Gasteiger partial charge in [0.2, 0.25) is 5.91 Å². The van der Waals surface area contributed by atoms with Crippen molar-refractivity contribution in [1.29, 1.82) is 0 Å². The predicted molar refractivity (Wildman–Crippen MR) is 80.7 cm³/mol. The van der Waals surface area contributed by atoms with Crippen molar-refractivity contribution < 1.29 is 18.9 Å². The van der Waals surface area contributed by atoms with E-state index in [1.165, 1.54) is 30.5 Å². The van der Waals surface area contributed by atoms with Crippen LogP contribution in [0, 0.1) is 15.3 Å². The van der Waals surface area contributed by atoms with Gasteiger partial charge in [0.25, 0.3) is 5.69 Å². The number of hydrogen-bond donors (Lipinski definition) is 0. The summed E-state index contributed by atoms with van der Waals surface area (Å²) in [6.07, 6.45) is 1.19. The van der Waals surface area contributed by atoms with Gasteiger partial charge in [0.15, 0.2) is 0 Å². The molecule has 1 aliphatic heterocycles. The third-order valence-corrected chi connectivity index (χ3v) is 3.22. The van der Waals surface area contributed by atoms with E-state index in [1.54, 1.807) is 12.1 Å². The molecule has 24 heavy (non-hydrogen) atoms. The number of non-ortho nitro benzene ring substituents is 1. The second-order valence-corrected chi connectivity index (χ2v) is 4.78. The molecule has 0 unspecified atom stereocenters. The summed E-state index contributed by atoms with van der Waals surface area (Å²) in [7, 11) is 0. The minimum atomic E-state index is -1.06. The Labute approximate surface area is 134 Å². The molecule has 3 rings (SSSR count). The van der Waals surface area contributed by atoms with Crippen molar-refractivity contribution >= 4 is 23.8 Å². The number of urea groups is 1. The fourth-order valence-electron chi connectivity index (χ4n) is 2.01. The fraction of sp³-hybridized carbons (Fsp3) is 0.0714. The van der Waals surface area contributed by atoms with Gasteiger partial charge in [-0.15, -0.1) is 0 Å². The van der Waals surface area contributed by atoms with Gasteiger partial charge >= 0.3 is 6.03 Å². The van der Waals surface area contributed by atoms with Crippen LogP contribution in [0.5, 0.6) is 0 Å². The number of hydrazone groups is 1. The van der Waals surface area contributed by atoms with E-state index in [2.05, 4.69) is 5.10 Å². The van der Waals surface area contributed by atoms with E-state index in [4.69, 9.17) is 4.42 Å². The molecule has 0 bridgehead atoms. The number of hydroxylamine groups is 2. The quantitative estimate of drug-likeness (QED) is 0.364. The predicted octanol–water partition coefficient (Wildman–Crippen LogP) is 1.95. The Kier molecular flexibility index (Phi) is 3.80. The zero-order valence-electron chi connectivity index (χ0n) is 12.0. The van der Waals surface area contributed by atoms with Crippen LogP contribution in [-0.4, -0.2) is 39.7 Å². The van der Waals surface area contributed by atoms with E-state index >= 15 is 0 Å². The van der Waals surface area contributed by atoms with Crippen LogP contribution in [0.4, 0.5) is 10.5 Å². The molecule has 2 aromatic rings. The fourth-order valence-corrected chi connectivity index (χ4v) is 2.01. The molecule has 0 spiro atoms. The summed E-state index contributed by atoms with van der Waals surface area (Å²) < 4.78 is 5.48. The monoisotopic (exact) mass is 329 g/mol. The van der Waals surface area contributed by atoms with Crippen LogP contribution in [0.3, 0.4) is 0 Å². The lowest BCUT2D eigenvalue weighted by molar-refractivity contribution is -0.384. The molecule has 0 radical (unpaired) electrons. The normalized spacial score (nSPS) is 14.9. The van der Waals surface area contributed by atoms with Crippen molar-refractivity contribution in [2.75, 3.05) is 6.54 Å². The van der Waals surface area contributed by atoms with Gasteiger partial charge in [0.05, 0.1) is 11.1 Å². The first-order valence-electron chi connectivity index (χ1n) is 6.66. The standard InChI is InChI=1S/C14H9N4O6/c19-13-8-16(14(20)17(13)21)15-7-11-5-6-12(24-11)9-1-3-10(4-2-9)18(22)23/h1-7H,8H2/q-1/b15-7+. The summed E-state index contributed by atoms with van der Waals surface area (Å²) in [6, 6.07) is 7.91. The number of carbonyl (C=O) groups is 2. The summed E-state index contributed by atoms with van der Waals surface area (Å²) in [5, 5.41) is 25.8. The maximum atomic E-state index is 11.4. The lowest BCUT2D eigenvalue weighted by Gasteiger charge is -2.17. The van der Waals surface area contributed by atoms with Crippen molar-refractivity contribution in [3.05, 3.63) is 57.5 Å². The summed E-state index contributed by atoms with van der Waals surface area (Å²) in [5.74, 6) is -0.156. The molecule has 1 aliphatic rings. The number of hydrogen-bond acceptors (Lipinski definition) is 7. The highest BCUT2D eigenvalue weighted by Crippen LogP contribution is 2.24. The van der Waals surface area contributed by atoms with Gasteiger partial charge in [-0.2, -0.15) is 5.10 Å². The Bertz CT molecular complexity index is 841. The van der Waals surface area contributed by atoms with Gasteiger partial charge in [0.1, 0.15) is 18.1 Å². The Hall–Kier alpha value is -3.53. The van der Waals surface area contributed by atoms with Crippen molar-refractivity contribution in [3.63, 3.8) is 0 Å². The second kappa shape index (κ2) is 5.93. The van der Waals surface area contributed by atoms with Gasteiger partial charge in [-0.25, -0.2) is 9.80 Å². The van der Waals surface area contributed by atoms with Crippen LogP contribution >= 0.6 is 0 Å². The largest absolute Gasteiger partial charge is 0.748 e. The maximum absolute atomic E-state index is 11.4. The van der Waals surface area contributed by atoms with E-state index in [0.717, 1.165) is 5.01 Å². The Balaban J connectivity index is 1.74. The number of nitrogens with zero attached hydrogens (tertiary/aromatic N) is 4. The molecule has 1 aromatic heterocycles. The van der Waals surface area contributed by atoms with Crippen LogP contribution < -0.4 is 0 Å². The van der Waals surface area contributed by atoms with E-state index in [1.807, 2.05) is 0 Å². The summed E-state index contributed by atoms with van der Waals surface area (Å²) in [4.78, 5) is 32.6. The van der Waals surface area contributed by atoms with E-state index < -0.39 is 23.4 Å². The van der Waals surface area contributed by atoms with Crippen LogP contribution in [0.15, 0.2) is 45.9 Å². The Morgan fingerprint density at radius 2 is 1.88 bits per heavy atom. The number of benzene rings is 1. The number of carbonyl (C=O) groups excluding carboxylic acids is 2. The summed E-state index contributed by atoms with van der Waals surface area (Å²) in [6.45, 7) is -0.422. The maximum Gasteiger partial charge on any atom is 0.336 e. The molecule has 2 heterocycles. The average Bonchev–Trinajstić information content (AvgIpc) is 3.14. The van der Waals surface area contributed by atoms with E-state index in [9.17, 15) is 24.9 Å². The highest BCUT2D eigenvalue weighted by molar-refractivity contribution is 6.02. The first-order valence-corrected chi connectivity index (χ1v) is 6.66. The first kappa shape index (κ1) is 15.4. The van der Waals surface area contributed by atoms with Crippen LogP contribution in [-0.2, 0) is 4.79 Å². The second-order valence-electron chi connectivity index (χ2n) is 4.78. The molecule has 10 nitrogen and oxygen atoms in total. The van der Waals surface area contributed by atoms with Gasteiger partial charge in [-0.3, -0.25) is 14.9 Å². The molecule has 0 atom stereocenters. The smallest absolute Gasteiger partial charge is 0.336 e. The van der Waals surface area contributed by atoms with Gasteiger partial charge in [-0.05, 0) is 24.3 Å². The summed E-state index contributed by atoms with van der Waals surface area (Å²) in [5.41, 5.74) is 0.588. The Morgan fingerprint density at radius 3 is 2.46 bits per heavy atom. The number of amides is 3. The third kappa shape index (κ3) is 2.85. The van der Waals surface area contributed by atoms with Crippen molar-refractivity contribution in [3.8, 4) is 11.3 Å². The zero-order chi connectivity index (χ0) is 17.3. The van der Waals surface area contributed by atoms with Gasteiger partial charge in [0, 0.05) is 17.7 Å². The van der Waals surface area contributed by atoms with Crippen molar-refractivity contribution in [2.45, 2.75) is 0 Å². The minimum Gasteiger partial charge on any atom is -0.748 e. The molecule has 0 saturated carbocycles. The lowest BCUT2D eigenvalue weighted by atomic mass is 10.1. The van der Waals surface area contributed by atoms with E-state index in [0.29, 0.717) is 11.3 Å². The third-order valence-electron chi connectivity index (χ3n) is 3.22. The minimum absolute atomic E-state index is 0.0357. The van der Waals surface area contributed by atoms with E-state index in [-0.39, 0.29) is 16.5 Å². The zero-order valence-corrected chi connectivity index (χ0v) is 12.0. The highest BCUT2D eigenvalue weighted by Gasteiger charge is 2.29. The molecule has 0 aliphatic carbocycles. The number of nitro groups is 1. The van der Waals surface area contributed by atoms with Crippen molar-refractivity contribution in [1.82, 2.24) is 10.1 Å². The molecule has 122 valence electrons. The van der Waals surface area contributed by atoms with Gasteiger partial charge < -0.3 is 14.7 Å². The Morgan fingerprint density at radius 1 is 1.17 bits per heavy atom. The van der Waals surface area contributed by atoms with Crippen LogP contribution in [0.2, 0.25) is 0 Å². The molecule has 1 aromatic carbocycles. The average molecular weight is 329 g/mol. The molecule has 3 amide bonds. The topological polar surface area (TPSA) is 132 Å². The van der Waals surface area contributed by atoms with Crippen molar-refractivity contribution in [2.24, 2.45) is 5.10 Å². The summed E-state index contributed by atoms with van der Waals surface area (Å²) >= 11 is 0. The number of rotatable bonds is 4. The highest BCUT2D eigenvalue weighted by atomic mass is 16.6. The molecule has 1 fully saturated rings. The SMILES string of the molecule is O=C1CN(/N=C/c2ccc(-c3ccc([N+](=O)[O-])cc3)o2)C(=O)N1[O-]. The number of furan rings is 1. The molecular weight excluding hydrogens is 320 g/mol. The van der Waals surface area contributed by atoms with Crippen LogP contribution in [0.1, 0.15) is 5.76 Å². The molecule has 10 heteroatoms.